The summed E-state index contributed by atoms with van der Waals surface area (Å²) < 4.78 is 0. The van der Waals surface area contributed by atoms with Gasteiger partial charge in [0.05, 0.1) is 18.9 Å². The molecular weight excluding hydrogens is 182 g/mol. The average molecular weight is 195 g/mol. The Morgan fingerprint density at radius 3 is 2.71 bits per heavy atom. The van der Waals surface area contributed by atoms with Crippen molar-refractivity contribution >= 4 is 17.5 Å². The second-order valence-corrected chi connectivity index (χ2v) is 2.57. The molecule has 0 aliphatic rings. The quantitative estimate of drug-likeness (QED) is 0.613. The van der Waals surface area contributed by atoms with E-state index in [1.54, 1.807) is 26.5 Å². The molecule has 0 aliphatic heterocycles. The third-order valence-electron chi connectivity index (χ3n) is 1.60. The Kier molecular flexibility index (Phi) is 3.66. The molecule has 0 fully saturated rings. The van der Waals surface area contributed by atoms with Crippen LogP contribution in [0.1, 0.15) is 0 Å². The van der Waals surface area contributed by atoms with Crippen molar-refractivity contribution in [3.05, 3.63) is 12.4 Å². The van der Waals surface area contributed by atoms with Gasteiger partial charge < -0.3 is 16.0 Å². The Bertz CT molecular complexity index is 314. The van der Waals surface area contributed by atoms with Crippen LogP contribution in [-0.4, -0.2) is 36.5 Å². The first-order valence-corrected chi connectivity index (χ1v) is 4.20. The first-order valence-electron chi connectivity index (χ1n) is 4.20. The molecule has 1 aromatic heterocycles. The molecule has 0 bridgehead atoms. The number of amides is 1. The number of anilines is 2. The van der Waals surface area contributed by atoms with Gasteiger partial charge in [-0.3, -0.25) is 9.78 Å². The Morgan fingerprint density at radius 1 is 1.36 bits per heavy atom. The molecule has 0 radical (unpaired) electrons. The Labute approximate surface area is 82.1 Å². The van der Waals surface area contributed by atoms with Crippen molar-refractivity contribution in [2.75, 3.05) is 31.3 Å². The van der Waals surface area contributed by atoms with Gasteiger partial charge in [-0.1, -0.05) is 0 Å². The van der Waals surface area contributed by atoms with Crippen LogP contribution in [0.15, 0.2) is 12.4 Å². The minimum Gasteiger partial charge on any atom is -0.372 e. The van der Waals surface area contributed by atoms with Crippen LogP contribution in [0.25, 0.3) is 0 Å². The number of hydrogen-bond acceptors (Lipinski definition) is 5. The van der Waals surface area contributed by atoms with Crippen LogP contribution in [0.4, 0.5) is 11.6 Å². The molecule has 1 heterocycles. The number of nitrogens with one attached hydrogen (secondary N) is 3. The first-order chi connectivity index (χ1) is 6.76. The van der Waals surface area contributed by atoms with Crippen molar-refractivity contribution in [3.8, 4) is 0 Å². The lowest BCUT2D eigenvalue weighted by molar-refractivity contribution is -0.118. The van der Waals surface area contributed by atoms with Crippen LogP contribution in [0.2, 0.25) is 0 Å². The molecule has 0 aromatic carbocycles. The van der Waals surface area contributed by atoms with E-state index in [0.29, 0.717) is 11.6 Å². The first kappa shape index (κ1) is 10.2. The van der Waals surface area contributed by atoms with Crippen LogP contribution in [0, 0.1) is 0 Å². The van der Waals surface area contributed by atoms with Crippen molar-refractivity contribution in [2.45, 2.75) is 0 Å². The molecule has 0 atom stereocenters. The molecule has 0 saturated carbocycles. The molecule has 1 amide bonds. The summed E-state index contributed by atoms with van der Waals surface area (Å²) in [6.07, 6.45) is 3.16. The van der Waals surface area contributed by atoms with Crippen molar-refractivity contribution < 1.29 is 4.79 Å². The maximum atomic E-state index is 10.9. The van der Waals surface area contributed by atoms with Gasteiger partial charge in [0.1, 0.15) is 11.6 Å². The van der Waals surface area contributed by atoms with E-state index in [-0.39, 0.29) is 12.5 Å². The van der Waals surface area contributed by atoms with E-state index < -0.39 is 0 Å². The van der Waals surface area contributed by atoms with Gasteiger partial charge in [-0.15, -0.1) is 0 Å². The van der Waals surface area contributed by atoms with E-state index in [4.69, 9.17) is 0 Å². The number of nitrogens with zero attached hydrogens (tertiary/aromatic N) is 2. The topological polar surface area (TPSA) is 78.9 Å². The van der Waals surface area contributed by atoms with E-state index in [2.05, 4.69) is 25.9 Å². The number of hydrogen-bond donors (Lipinski definition) is 3. The SMILES string of the molecule is CNC(=O)CNc1cncc(NC)n1. The molecule has 6 heteroatoms. The van der Waals surface area contributed by atoms with Gasteiger partial charge in [0, 0.05) is 14.1 Å². The summed E-state index contributed by atoms with van der Waals surface area (Å²) in [5, 5.41) is 8.20. The lowest BCUT2D eigenvalue weighted by Crippen LogP contribution is -2.26. The van der Waals surface area contributed by atoms with Crippen LogP contribution >= 0.6 is 0 Å². The summed E-state index contributed by atoms with van der Waals surface area (Å²) in [7, 11) is 3.34. The molecule has 76 valence electrons. The minimum atomic E-state index is -0.0957. The normalized spacial score (nSPS) is 9.29. The molecule has 0 unspecified atom stereocenters. The number of likely N-dealkylation sites (N-methyl/N-ethyl adjacent to an activating group) is 1. The zero-order chi connectivity index (χ0) is 10.4. The van der Waals surface area contributed by atoms with Gasteiger partial charge in [-0.2, -0.15) is 0 Å². The van der Waals surface area contributed by atoms with Crippen molar-refractivity contribution in [3.63, 3.8) is 0 Å². The summed E-state index contributed by atoms with van der Waals surface area (Å²) in [6, 6.07) is 0. The zero-order valence-electron chi connectivity index (χ0n) is 8.16. The largest absolute Gasteiger partial charge is 0.372 e. The molecular formula is C8H13N5O. The molecule has 0 spiro atoms. The van der Waals surface area contributed by atoms with Crippen LogP contribution in [-0.2, 0) is 4.79 Å². The fraction of sp³-hybridized carbons (Fsp3) is 0.375. The van der Waals surface area contributed by atoms with E-state index in [0.717, 1.165) is 0 Å². The highest BCUT2D eigenvalue weighted by Gasteiger charge is 1.99. The number of rotatable bonds is 4. The highest BCUT2D eigenvalue weighted by Crippen LogP contribution is 2.04. The lowest BCUT2D eigenvalue weighted by Gasteiger charge is -2.05. The number of carbonyl (C=O) groups excluding carboxylic acids is 1. The number of aromatic nitrogens is 2. The van der Waals surface area contributed by atoms with E-state index in [9.17, 15) is 4.79 Å². The van der Waals surface area contributed by atoms with Crippen LogP contribution in [0.3, 0.4) is 0 Å². The fourth-order valence-corrected chi connectivity index (χ4v) is 0.831. The molecule has 0 saturated heterocycles. The molecule has 1 aromatic rings. The molecule has 14 heavy (non-hydrogen) atoms. The molecule has 3 N–H and O–H groups in total. The van der Waals surface area contributed by atoms with Gasteiger partial charge in [0.15, 0.2) is 0 Å². The number of carbonyl (C=O) groups is 1. The fourth-order valence-electron chi connectivity index (χ4n) is 0.831. The van der Waals surface area contributed by atoms with Gasteiger partial charge in [-0.25, -0.2) is 4.98 Å². The van der Waals surface area contributed by atoms with Crippen molar-refractivity contribution in [2.24, 2.45) is 0 Å². The highest BCUT2D eigenvalue weighted by atomic mass is 16.1. The summed E-state index contributed by atoms with van der Waals surface area (Å²) in [6.45, 7) is 0.193. The smallest absolute Gasteiger partial charge is 0.239 e. The van der Waals surface area contributed by atoms with Crippen LogP contribution in [0.5, 0.6) is 0 Å². The molecule has 1 rings (SSSR count). The van der Waals surface area contributed by atoms with Gasteiger partial charge >= 0.3 is 0 Å². The van der Waals surface area contributed by atoms with E-state index >= 15 is 0 Å². The second kappa shape index (κ2) is 5.00. The third kappa shape index (κ3) is 2.89. The zero-order valence-corrected chi connectivity index (χ0v) is 8.16. The Morgan fingerprint density at radius 2 is 2.07 bits per heavy atom. The van der Waals surface area contributed by atoms with E-state index in [1.165, 1.54) is 0 Å². The predicted octanol–water partition coefficient (Wildman–Crippen LogP) is -0.324. The van der Waals surface area contributed by atoms with E-state index in [1.807, 2.05) is 0 Å². The highest BCUT2D eigenvalue weighted by molar-refractivity contribution is 5.80. The molecule has 6 nitrogen and oxygen atoms in total. The maximum absolute atomic E-state index is 10.9. The average Bonchev–Trinajstić information content (AvgIpc) is 2.26. The van der Waals surface area contributed by atoms with Crippen molar-refractivity contribution in [1.29, 1.82) is 0 Å². The maximum Gasteiger partial charge on any atom is 0.239 e. The standard InChI is InChI=1S/C8H13N5O/c1-9-6-3-11-4-7(13-6)12-5-8(14)10-2/h3-4H,5H2,1-2H3,(H,10,14)(H2,9,12,13). The summed E-state index contributed by atoms with van der Waals surface area (Å²) >= 11 is 0. The minimum absolute atomic E-state index is 0.0957. The third-order valence-corrected chi connectivity index (χ3v) is 1.60. The monoisotopic (exact) mass is 195 g/mol. The lowest BCUT2D eigenvalue weighted by atomic mass is 10.5. The summed E-state index contributed by atoms with van der Waals surface area (Å²) in [4.78, 5) is 19.0. The Hall–Kier alpha value is -1.85. The van der Waals surface area contributed by atoms with Gasteiger partial charge in [0.2, 0.25) is 5.91 Å². The predicted molar refractivity (Wildman–Crippen MR) is 54.1 cm³/mol. The van der Waals surface area contributed by atoms with Gasteiger partial charge in [-0.05, 0) is 0 Å². The summed E-state index contributed by atoms with van der Waals surface area (Å²) in [5.74, 6) is 1.13. The summed E-state index contributed by atoms with van der Waals surface area (Å²) in [5.41, 5.74) is 0. The Balaban J connectivity index is 2.54. The van der Waals surface area contributed by atoms with Gasteiger partial charge in [0.25, 0.3) is 0 Å². The second-order valence-electron chi connectivity index (χ2n) is 2.57. The van der Waals surface area contributed by atoms with Crippen LogP contribution < -0.4 is 16.0 Å². The molecule has 0 aliphatic carbocycles. The van der Waals surface area contributed by atoms with Crippen molar-refractivity contribution in [1.82, 2.24) is 15.3 Å².